The quantitative estimate of drug-likeness (QED) is 0.706. The van der Waals surface area contributed by atoms with Crippen molar-refractivity contribution < 1.29 is 23.5 Å². The molecule has 8 nitrogen and oxygen atoms in total. The zero-order valence-electron chi connectivity index (χ0n) is 17.5. The van der Waals surface area contributed by atoms with E-state index in [9.17, 15) is 14.0 Å². The highest BCUT2D eigenvalue weighted by atomic mass is 35.5. The van der Waals surface area contributed by atoms with Gasteiger partial charge in [0.15, 0.2) is 17.3 Å². The number of nitrogens with zero attached hydrogens (tertiary/aromatic N) is 2. The first-order chi connectivity index (χ1) is 14.6. The summed E-state index contributed by atoms with van der Waals surface area (Å²) in [7, 11) is 0. The number of H-pyrrole nitrogens is 1. The smallest absolute Gasteiger partial charge is 0.410 e. The molecule has 1 aliphatic carbocycles. The van der Waals surface area contributed by atoms with Crippen LogP contribution in [0.1, 0.15) is 55.7 Å². The molecule has 1 aliphatic heterocycles. The van der Waals surface area contributed by atoms with Crippen LogP contribution < -0.4 is 10.1 Å². The van der Waals surface area contributed by atoms with Gasteiger partial charge in [-0.1, -0.05) is 11.6 Å². The average molecular weight is 451 g/mol. The minimum absolute atomic E-state index is 0.0423. The monoisotopic (exact) mass is 450 g/mol. The van der Waals surface area contributed by atoms with Gasteiger partial charge in [0.05, 0.1) is 23.8 Å². The van der Waals surface area contributed by atoms with E-state index in [-0.39, 0.29) is 23.2 Å². The molecular formula is C21H24ClFN4O4. The number of anilines is 1. The normalized spacial score (nSPS) is 16.6. The highest BCUT2D eigenvalue weighted by Crippen LogP contribution is 2.42. The van der Waals surface area contributed by atoms with Crippen molar-refractivity contribution in [2.75, 3.05) is 18.4 Å². The number of hydrogen-bond donors (Lipinski definition) is 2. The Kier molecular flexibility index (Phi) is 5.55. The van der Waals surface area contributed by atoms with Crippen LogP contribution in [0.4, 0.5) is 14.9 Å². The van der Waals surface area contributed by atoms with Crippen molar-refractivity contribution in [3.63, 3.8) is 0 Å². The van der Waals surface area contributed by atoms with E-state index in [1.165, 1.54) is 23.1 Å². The molecule has 2 fully saturated rings. The Morgan fingerprint density at radius 3 is 2.61 bits per heavy atom. The van der Waals surface area contributed by atoms with Gasteiger partial charge >= 0.3 is 6.09 Å². The standard InChI is InChI=1S/C21H24ClFN4O4/c1-21(2,3)31-20(29)27-9-13(10-27)30-15-7-6-12(8-14(15)23)24-19(28)18-16(22)17(25-26-18)11-4-5-11/h6-8,11,13H,4-5,9-10H2,1-3H3,(H,24,28)(H,25,26). The molecule has 0 spiro atoms. The topological polar surface area (TPSA) is 96.6 Å². The van der Waals surface area contributed by atoms with Crippen LogP contribution in [-0.4, -0.2) is 51.9 Å². The van der Waals surface area contributed by atoms with Crippen LogP contribution in [0.3, 0.4) is 0 Å². The van der Waals surface area contributed by atoms with Gasteiger partial charge in [-0.3, -0.25) is 9.89 Å². The summed E-state index contributed by atoms with van der Waals surface area (Å²) in [6.07, 6.45) is 1.29. The van der Waals surface area contributed by atoms with Gasteiger partial charge in [0.25, 0.3) is 5.91 Å². The molecule has 0 radical (unpaired) electrons. The molecule has 2 heterocycles. The third-order valence-electron chi connectivity index (χ3n) is 4.92. The summed E-state index contributed by atoms with van der Waals surface area (Å²) in [6, 6.07) is 4.13. The summed E-state index contributed by atoms with van der Waals surface area (Å²) in [5.74, 6) is -0.776. The molecule has 0 atom stereocenters. The second-order valence-electron chi connectivity index (χ2n) is 8.80. The van der Waals surface area contributed by atoms with Crippen LogP contribution >= 0.6 is 11.6 Å². The summed E-state index contributed by atoms with van der Waals surface area (Å²) in [5.41, 5.74) is 0.532. The Hall–Kier alpha value is -2.81. The van der Waals surface area contributed by atoms with Crippen LogP contribution in [0.2, 0.25) is 5.02 Å². The largest absolute Gasteiger partial charge is 0.484 e. The molecule has 1 aromatic carbocycles. The number of carbonyl (C=O) groups is 2. The number of halogens is 2. The zero-order chi connectivity index (χ0) is 22.3. The van der Waals surface area contributed by atoms with Crippen molar-refractivity contribution in [1.82, 2.24) is 15.1 Å². The minimum atomic E-state index is -0.625. The fraction of sp³-hybridized carbons (Fsp3) is 0.476. The second kappa shape index (κ2) is 8.03. The van der Waals surface area contributed by atoms with Crippen molar-refractivity contribution in [2.45, 2.75) is 51.2 Å². The molecule has 2 N–H and O–H groups in total. The number of rotatable bonds is 5. The first-order valence-electron chi connectivity index (χ1n) is 10.1. The number of ether oxygens (including phenoxy) is 2. The molecule has 10 heteroatoms. The molecule has 1 saturated heterocycles. The number of carbonyl (C=O) groups excluding carboxylic acids is 2. The van der Waals surface area contributed by atoms with Gasteiger partial charge < -0.3 is 19.7 Å². The third-order valence-corrected chi connectivity index (χ3v) is 5.30. The summed E-state index contributed by atoms with van der Waals surface area (Å²) in [5, 5.41) is 9.69. The average Bonchev–Trinajstić information content (AvgIpc) is 3.39. The molecule has 1 saturated carbocycles. The van der Waals surface area contributed by atoms with Crippen LogP contribution in [0.15, 0.2) is 18.2 Å². The lowest BCUT2D eigenvalue weighted by atomic mass is 10.1. The van der Waals surface area contributed by atoms with Gasteiger partial charge in [-0.05, 0) is 45.7 Å². The maximum absolute atomic E-state index is 14.5. The second-order valence-corrected chi connectivity index (χ2v) is 9.18. The van der Waals surface area contributed by atoms with Crippen LogP contribution in [-0.2, 0) is 4.74 Å². The molecule has 0 unspecified atom stereocenters. The Bertz CT molecular complexity index is 1010. The van der Waals surface area contributed by atoms with Crippen LogP contribution in [0, 0.1) is 5.82 Å². The first-order valence-corrected chi connectivity index (χ1v) is 10.5. The molecule has 166 valence electrons. The van der Waals surface area contributed by atoms with E-state index in [1.807, 2.05) is 0 Å². The molecule has 31 heavy (non-hydrogen) atoms. The zero-order valence-corrected chi connectivity index (χ0v) is 18.3. The number of aromatic amines is 1. The van der Waals surface area contributed by atoms with Crippen LogP contribution in [0.5, 0.6) is 5.75 Å². The van der Waals surface area contributed by atoms with Gasteiger partial charge in [-0.15, -0.1) is 0 Å². The fourth-order valence-corrected chi connectivity index (χ4v) is 3.49. The van der Waals surface area contributed by atoms with E-state index >= 15 is 0 Å². The van der Waals surface area contributed by atoms with E-state index in [1.54, 1.807) is 20.8 Å². The maximum atomic E-state index is 14.5. The van der Waals surface area contributed by atoms with E-state index in [0.29, 0.717) is 24.0 Å². The number of benzene rings is 1. The lowest BCUT2D eigenvalue weighted by Gasteiger charge is -2.39. The number of aromatic nitrogens is 2. The fourth-order valence-electron chi connectivity index (χ4n) is 3.17. The molecule has 2 amide bonds. The Labute approximate surface area is 184 Å². The van der Waals surface area contributed by atoms with E-state index in [4.69, 9.17) is 21.1 Å². The van der Waals surface area contributed by atoms with Gasteiger partial charge in [-0.25, -0.2) is 9.18 Å². The lowest BCUT2D eigenvalue weighted by molar-refractivity contribution is -0.0229. The molecule has 4 rings (SSSR count). The van der Waals surface area contributed by atoms with Gasteiger partial charge in [0, 0.05) is 17.7 Å². The third kappa shape index (κ3) is 4.92. The molecule has 0 bridgehead atoms. The van der Waals surface area contributed by atoms with E-state index in [2.05, 4.69) is 15.5 Å². The predicted octanol–water partition coefficient (Wildman–Crippen LogP) is 4.33. The summed E-state index contributed by atoms with van der Waals surface area (Å²) < 4.78 is 25.4. The Morgan fingerprint density at radius 2 is 2.00 bits per heavy atom. The predicted molar refractivity (Wildman–Crippen MR) is 112 cm³/mol. The number of amides is 2. The molecule has 2 aromatic rings. The lowest BCUT2D eigenvalue weighted by Crippen LogP contribution is -2.57. The molecule has 1 aromatic heterocycles. The van der Waals surface area contributed by atoms with E-state index < -0.39 is 23.4 Å². The number of nitrogens with one attached hydrogen (secondary N) is 2. The van der Waals surface area contributed by atoms with Crippen LogP contribution in [0.25, 0.3) is 0 Å². The molecule has 2 aliphatic rings. The van der Waals surface area contributed by atoms with Gasteiger partial charge in [0.1, 0.15) is 11.7 Å². The van der Waals surface area contributed by atoms with E-state index in [0.717, 1.165) is 18.5 Å². The summed E-state index contributed by atoms with van der Waals surface area (Å²) in [6.45, 7) is 6.00. The SMILES string of the molecule is CC(C)(C)OC(=O)N1CC(Oc2ccc(NC(=O)c3n[nH]c(C4CC4)c3Cl)cc2F)C1. The number of likely N-dealkylation sites (tertiary alicyclic amines) is 1. The maximum Gasteiger partial charge on any atom is 0.410 e. The Morgan fingerprint density at radius 1 is 1.29 bits per heavy atom. The Balaban J connectivity index is 1.32. The minimum Gasteiger partial charge on any atom is -0.484 e. The summed E-state index contributed by atoms with van der Waals surface area (Å²) >= 11 is 6.24. The van der Waals surface area contributed by atoms with Crippen molar-refractivity contribution in [1.29, 1.82) is 0 Å². The van der Waals surface area contributed by atoms with Crippen molar-refractivity contribution >= 4 is 29.3 Å². The van der Waals surface area contributed by atoms with Gasteiger partial charge in [-0.2, -0.15) is 5.10 Å². The van der Waals surface area contributed by atoms with Gasteiger partial charge in [0.2, 0.25) is 0 Å². The first kappa shape index (κ1) is 21.4. The van der Waals surface area contributed by atoms with Crippen molar-refractivity contribution in [2.24, 2.45) is 0 Å². The number of hydrogen-bond acceptors (Lipinski definition) is 5. The highest BCUT2D eigenvalue weighted by molar-refractivity contribution is 6.34. The molecular weight excluding hydrogens is 427 g/mol. The van der Waals surface area contributed by atoms with Crippen molar-refractivity contribution in [3.05, 3.63) is 40.4 Å². The van der Waals surface area contributed by atoms with Crippen molar-refractivity contribution in [3.8, 4) is 5.75 Å². The highest BCUT2D eigenvalue weighted by Gasteiger charge is 2.35. The summed E-state index contributed by atoms with van der Waals surface area (Å²) in [4.78, 5) is 25.9.